The number of carbonyl (C=O) groups is 2. The molecule has 42 heavy (non-hydrogen) atoms. The van der Waals surface area contributed by atoms with Gasteiger partial charge in [-0.25, -0.2) is 9.37 Å². The Morgan fingerprint density at radius 3 is 2.29 bits per heavy atom. The molecule has 0 radical (unpaired) electrons. The van der Waals surface area contributed by atoms with E-state index in [4.69, 9.17) is 9.72 Å². The van der Waals surface area contributed by atoms with E-state index in [-0.39, 0.29) is 29.5 Å². The Kier molecular flexibility index (Phi) is 8.18. The Morgan fingerprint density at radius 1 is 0.905 bits per heavy atom. The summed E-state index contributed by atoms with van der Waals surface area (Å²) in [6.45, 7) is 5.16. The van der Waals surface area contributed by atoms with Crippen LogP contribution in [0.5, 0.6) is 0 Å². The zero-order chi connectivity index (χ0) is 29.2. The van der Waals surface area contributed by atoms with Crippen molar-refractivity contribution in [3.05, 3.63) is 83.9 Å². The molecule has 2 fully saturated rings. The van der Waals surface area contributed by atoms with E-state index in [1.807, 2.05) is 41.3 Å². The molecule has 8 heteroatoms. The lowest BCUT2D eigenvalue weighted by atomic mass is 9.86. The molecule has 1 saturated heterocycles. The number of benzene rings is 2. The number of fused-ring (bicyclic) bond motifs is 1. The number of imidazole rings is 1. The molecule has 2 aromatic carbocycles. The Balaban J connectivity index is 1.25. The van der Waals surface area contributed by atoms with Crippen LogP contribution in [0, 0.1) is 11.7 Å². The number of ether oxygens (including phenoxy) is 1. The highest BCUT2D eigenvalue weighted by Crippen LogP contribution is 2.30. The Labute approximate surface area is 245 Å². The number of halogens is 1. The molecule has 7 nitrogen and oxygen atoms in total. The van der Waals surface area contributed by atoms with Crippen LogP contribution in [-0.2, 0) is 16.1 Å². The first-order valence-electron chi connectivity index (χ1n) is 14.8. The molecule has 1 amide bonds. The van der Waals surface area contributed by atoms with E-state index in [2.05, 4.69) is 15.5 Å². The first-order valence-corrected chi connectivity index (χ1v) is 14.8. The predicted octanol–water partition coefficient (Wildman–Crippen LogP) is 5.86. The molecule has 0 N–H and O–H groups in total. The fourth-order valence-corrected chi connectivity index (χ4v) is 6.33. The predicted molar refractivity (Wildman–Crippen MR) is 161 cm³/mol. The van der Waals surface area contributed by atoms with Gasteiger partial charge in [0.25, 0.3) is 0 Å². The highest BCUT2D eigenvalue weighted by molar-refractivity contribution is 5.94. The number of pyridine rings is 1. The van der Waals surface area contributed by atoms with E-state index >= 15 is 0 Å². The van der Waals surface area contributed by atoms with Crippen LogP contribution >= 0.6 is 0 Å². The Morgan fingerprint density at radius 2 is 1.60 bits per heavy atom. The van der Waals surface area contributed by atoms with E-state index in [0.717, 1.165) is 72.5 Å². The molecule has 2 aliphatic rings. The van der Waals surface area contributed by atoms with Crippen molar-refractivity contribution < 1.29 is 18.7 Å². The summed E-state index contributed by atoms with van der Waals surface area (Å²) in [5, 5.41) is 0. The average molecular weight is 569 g/mol. The molecule has 0 spiro atoms. The van der Waals surface area contributed by atoms with Gasteiger partial charge in [0.1, 0.15) is 11.5 Å². The van der Waals surface area contributed by atoms with Gasteiger partial charge in [0.15, 0.2) is 5.78 Å². The summed E-state index contributed by atoms with van der Waals surface area (Å²) in [6.07, 6.45) is 6.11. The third-order valence-electron chi connectivity index (χ3n) is 8.83. The van der Waals surface area contributed by atoms with Gasteiger partial charge in [-0.15, -0.1) is 0 Å². The van der Waals surface area contributed by atoms with E-state index < -0.39 is 0 Å². The highest BCUT2D eigenvalue weighted by Gasteiger charge is 2.32. The number of aromatic nitrogens is 2. The number of ketones is 1. The minimum absolute atomic E-state index is 0.0394. The van der Waals surface area contributed by atoms with Crippen LogP contribution in [0.25, 0.3) is 28.0 Å². The van der Waals surface area contributed by atoms with Gasteiger partial charge in [0, 0.05) is 63.1 Å². The molecule has 3 heterocycles. The third kappa shape index (κ3) is 5.87. The van der Waals surface area contributed by atoms with Crippen LogP contribution < -0.4 is 0 Å². The number of rotatable bonds is 7. The number of Topliss-reactive ketones (excluding diaryl/α,β-unsaturated/α-hetero) is 1. The van der Waals surface area contributed by atoms with Crippen molar-refractivity contribution in [2.24, 2.45) is 5.92 Å². The number of methoxy groups -OCH3 is 1. The molecule has 4 aromatic rings. The number of amides is 1. The second kappa shape index (κ2) is 12.2. The molecule has 2 aromatic heterocycles. The molecule has 1 saturated carbocycles. The summed E-state index contributed by atoms with van der Waals surface area (Å²) >= 11 is 0. The average Bonchev–Trinajstić information content (AvgIpc) is 3.38. The molecule has 0 bridgehead atoms. The van der Waals surface area contributed by atoms with Crippen molar-refractivity contribution in [3.8, 4) is 22.4 Å². The maximum atomic E-state index is 13.8. The molecule has 0 unspecified atom stereocenters. The van der Waals surface area contributed by atoms with Gasteiger partial charge in [-0.1, -0.05) is 30.7 Å². The molecular formula is C34H37FN4O3. The molecule has 1 aliphatic heterocycles. The summed E-state index contributed by atoms with van der Waals surface area (Å²) in [5.41, 5.74) is 6.23. The standard InChI is InChI=1S/C34H37FN4O3/c1-23(40)24-6-8-25(9-7-24)28-12-15-32-36-33(26-10-13-29(35)14-11-26)31(39(32)21-28)22-37-16-18-38(19-17-37)34(41)27-4-3-5-30(20-27)42-2/h6-15,21,27,30H,3-5,16-20,22H2,1-2H3/t27-,30+/m0/s1. The zero-order valence-corrected chi connectivity index (χ0v) is 24.3. The summed E-state index contributed by atoms with van der Waals surface area (Å²) < 4.78 is 21.5. The second-order valence-corrected chi connectivity index (χ2v) is 11.5. The van der Waals surface area contributed by atoms with Crippen LogP contribution in [0.1, 0.15) is 48.7 Å². The van der Waals surface area contributed by atoms with Crippen molar-refractivity contribution >= 4 is 17.3 Å². The maximum absolute atomic E-state index is 13.8. The van der Waals surface area contributed by atoms with Gasteiger partial charge >= 0.3 is 0 Å². The number of piperazine rings is 1. The third-order valence-corrected chi connectivity index (χ3v) is 8.83. The smallest absolute Gasteiger partial charge is 0.225 e. The van der Waals surface area contributed by atoms with Gasteiger partial charge < -0.3 is 14.0 Å². The van der Waals surface area contributed by atoms with Crippen molar-refractivity contribution in [2.75, 3.05) is 33.3 Å². The molecule has 218 valence electrons. The minimum Gasteiger partial charge on any atom is -0.381 e. The van der Waals surface area contributed by atoms with Gasteiger partial charge in [-0.05, 0) is 73.7 Å². The highest BCUT2D eigenvalue weighted by atomic mass is 19.1. The van der Waals surface area contributed by atoms with Crippen LogP contribution in [0.15, 0.2) is 66.9 Å². The van der Waals surface area contributed by atoms with Crippen molar-refractivity contribution in [1.82, 2.24) is 19.2 Å². The first kappa shape index (κ1) is 28.2. The van der Waals surface area contributed by atoms with Crippen LogP contribution in [0.2, 0.25) is 0 Å². The van der Waals surface area contributed by atoms with E-state index in [1.165, 1.54) is 12.1 Å². The number of carbonyl (C=O) groups excluding carboxylic acids is 2. The Hall–Kier alpha value is -3.88. The summed E-state index contributed by atoms with van der Waals surface area (Å²) in [6, 6.07) is 18.1. The zero-order valence-electron chi connectivity index (χ0n) is 24.3. The lowest BCUT2D eigenvalue weighted by Crippen LogP contribution is -2.50. The minimum atomic E-state index is -0.282. The normalized spacial score (nSPS) is 19.7. The van der Waals surface area contributed by atoms with E-state index in [1.54, 1.807) is 26.2 Å². The SMILES string of the molecule is CO[C@@H]1CCC[C@H](C(=O)N2CCN(Cc3c(-c4ccc(F)cc4)nc4ccc(-c5ccc(C(C)=O)cc5)cn34)CC2)C1. The molecule has 2 atom stereocenters. The van der Waals surface area contributed by atoms with Crippen molar-refractivity contribution in [2.45, 2.75) is 45.3 Å². The van der Waals surface area contributed by atoms with Crippen LogP contribution in [0.3, 0.4) is 0 Å². The quantitative estimate of drug-likeness (QED) is 0.261. The monoisotopic (exact) mass is 568 g/mol. The van der Waals surface area contributed by atoms with Crippen LogP contribution in [0.4, 0.5) is 4.39 Å². The van der Waals surface area contributed by atoms with Crippen LogP contribution in [-0.4, -0.2) is 70.3 Å². The van der Waals surface area contributed by atoms with E-state index in [9.17, 15) is 14.0 Å². The van der Waals surface area contributed by atoms with Gasteiger partial charge in [-0.2, -0.15) is 0 Å². The lowest BCUT2D eigenvalue weighted by Gasteiger charge is -2.38. The second-order valence-electron chi connectivity index (χ2n) is 11.5. The maximum Gasteiger partial charge on any atom is 0.225 e. The topological polar surface area (TPSA) is 67.2 Å². The fourth-order valence-electron chi connectivity index (χ4n) is 6.33. The molecule has 1 aliphatic carbocycles. The fraction of sp³-hybridized carbons (Fsp3) is 0.382. The number of nitrogens with zero attached hydrogens (tertiary/aromatic N) is 4. The van der Waals surface area contributed by atoms with E-state index in [0.29, 0.717) is 25.2 Å². The summed E-state index contributed by atoms with van der Waals surface area (Å²) in [5.74, 6) is 0.0779. The molecule has 6 rings (SSSR count). The summed E-state index contributed by atoms with van der Waals surface area (Å²) in [4.78, 5) is 34.4. The lowest BCUT2D eigenvalue weighted by molar-refractivity contribution is -0.140. The first-order chi connectivity index (χ1) is 20.4. The van der Waals surface area contributed by atoms with Crippen molar-refractivity contribution in [1.29, 1.82) is 0 Å². The number of hydrogen-bond acceptors (Lipinski definition) is 5. The van der Waals surface area contributed by atoms with Gasteiger partial charge in [0.2, 0.25) is 5.91 Å². The Bertz CT molecular complexity index is 1570. The number of hydrogen-bond donors (Lipinski definition) is 0. The largest absolute Gasteiger partial charge is 0.381 e. The van der Waals surface area contributed by atoms with Gasteiger partial charge in [0.05, 0.1) is 17.5 Å². The van der Waals surface area contributed by atoms with Crippen molar-refractivity contribution in [3.63, 3.8) is 0 Å². The molecular weight excluding hydrogens is 531 g/mol. The summed E-state index contributed by atoms with van der Waals surface area (Å²) in [7, 11) is 1.74. The van der Waals surface area contributed by atoms with Gasteiger partial charge in [-0.3, -0.25) is 14.5 Å².